The van der Waals surface area contributed by atoms with Crippen LogP contribution in [0.4, 0.5) is 5.82 Å². The first-order chi connectivity index (χ1) is 9.69. The van der Waals surface area contributed by atoms with Crippen LogP contribution in [0.5, 0.6) is 0 Å². The van der Waals surface area contributed by atoms with Crippen molar-refractivity contribution in [3.05, 3.63) is 17.3 Å². The molecule has 0 saturated carbocycles. The Morgan fingerprint density at radius 2 is 2.05 bits per heavy atom. The molecule has 0 aromatic carbocycles. The maximum atomic E-state index is 6.13. The Balaban J connectivity index is 1.74. The van der Waals surface area contributed by atoms with Crippen LogP contribution in [0.2, 0.25) is 0 Å². The van der Waals surface area contributed by atoms with Crippen LogP contribution in [-0.4, -0.2) is 47.0 Å². The van der Waals surface area contributed by atoms with Gasteiger partial charge in [-0.25, -0.2) is 4.98 Å². The van der Waals surface area contributed by atoms with Crippen molar-refractivity contribution >= 4 is 33.7 Å². The zero-order valence-corrected chi connectivity index (χ0v) is 13.6. The number of hydrogen-bond donors (Lipinski definition) is 0. The van der Waals surface area contributed by atoms with Crippen LogP contribution < -0.4 is 4.90 Å². The van der Waals surface area contributed by atoms with Crippen molar-refractivity contribution in [1.82, 2.24) is 14.3 Å². The average molecular weight is 313 g/mol. The highest BCUT2D eigenvalue weighted by Gasteiger charge is 2.23. The SMILES string of the molecule is CC(C)CN1CCN(c2nc3sccn3c2CCl)CC1. The monoisotopic (exact) mass is 312 g/mol. The van der Waals surface area contributed by atoms with Crippen molar-refractivity contribution in [3.8, 4) is 0 Å². The molecule has 0 atom stereocenters. The van der Waals surface area contributed by atoms with Crippen molar-refractivity contribution < 1.29 is 0 Å². The highest BCUT2D eigenvalue weighted by molar-refractivity contribution is 7.15. The van der Waals surface area contributed by atoms with Crippen LogP contribution in [0.25, 0.3) is 4.96 Å². The minimum absolute atomic E-state index is 0.513. The molecule has 2 aromatic rings. The number of imidazole rings is 1. The summed E-state index contributed by atoms with van der Waals surface area (Å²) in [6.45, 7) is 10.1. The second kappa shape index (κ2) is 5.92. The van der Waals surface area contributed by atoms with Gasteiger partial charge < -0.3 is 4.90 Å². The molecule has 3 rings (SSSR count). The van der Waals surface area contributed by atoms with Crippen LogP contribution >= 0.6 is 22.9 Å². The molecule has 0 aliphatic carbocycles. The van der Waals surface area contributed by atoms with Gasteiger partial charge >= 0.3 is 0 Å². The number of aromatic nitrogens is 2. The van der Waals surface area contributed by atoms with Crippen LogP contribution in [0.1, 0.15) is 19.5 Å². The Labute approximate surface area is 129 Å². The lowest BCUT2D eigenvalue weighted by Crippen LogP contribution is -2.47. The predicted molar refractivity (Wildman–Crippen MR) is 86.1 cm³/mol. The van der Waals surface area contributed by atoms with Gasteiger partial charge in [0.05, 0.1) is 11.6 Å². The third-order valence-electron chi connectivity index (χ3n) is 3.76. The van der Waals surface area contributed by atoms with E-state index in [0.29, 0.717) is 5.88 Å². The average Bonchev–Trinajstić information content (AvgIpc) is 2.98. The maximum absolute atomic E-state index is 6.13. The van der Waals surface area contributed by atoms with E-state index < -0.39 is 0 Å². The lowest BCUT2D eigenvalue weighted by molar-refractivity contribution is 0.231. The van der Waals surface area contributed by atoms with Crippen LogP contribution in [0, 0.1) is 5.92 Å². The van der Waals surface area contributed by atoms with E-state index >= 15 is 0 Å². The zero-order valence-electron chi connectivity index (χ0n) is 12.0. The molecule has 1 aliphatic rings. The highest BCUT2D eigenvalue weighted by atomic mass is 35.5. The van der Waals surface area contributed by atoms with E-state index in [1.54, 1.807) is 11.3 Å². The molecule has 1 fully saturated rings. The fourth-order valence-electron chi connectivity index (χ4n) is 2.86. The predicted octanol–water partition coefficient (Wildman–Crippen LogP) is 2.91. The molecule has 110 valence electrons. The Bertz CT molecular complexity index is 569. The Hall–Kier alpha value is -0.780. The van der Waals surface area contributed by atoms with Gasteiger partial charge in [-0.15, -0.1) is 22.9 Å². The molecular weight excluding hydrogens is 292 g/mol. The van der Waals surface area contributed by atoms with Crippen LogP contribution in [-0.2, 0) is 5.88 Å². The molecule has 0 N–H and O–H groups in total. The van der Waals surface area contributed by atoms with Gasteiger partial charge in [0.25, 0.3) is 0 Å². The minimum Gasteiger partial charge on any atom is -0.352 e. The minimum atomic E-state index is 0.513. The number of thiazole rings is 1. The number of alkyl halides is 1. The van der Waals surface area contributed by atoms with Crippen molar-refractivity contribution in [2.75, 3.05) is 37.6 Å². The van der Waals surface area contributed by atoms with Gasteiger partial charge in [-0.1, -0.05) is 13.8 Å². The summed E-state index contributed by atoms with van der Waals surface area (Å²) >= 11 is 7.80. The zero-order chi connectivity index (χ0) is 14.1. The molecule has 2 aromatic heterocycles. The van der Waals surface area contributed by atoms with Crippen LogP contribution in [0.15, 0.2) is 11.6 Å². The summed E-state index contributed by atoms with van der Waals surface area (Å²) < 4.78 is 2.12. The number of nitrogens with zero attached hydrogens (tertiary/aromatic N) is 4. The first-order valence-corrected chi connectivity index (χ1v) is 8.58. The second-order valence-electron chi connectivity index (χ2n) is 5.75. The number of hydrogen-bond acceptors (Lipinski definition) is 4. The molecule has 1 aliphatic heterocycles. The van der Waals surface area contributed by atoms with E-state index in [-0.39, 0.29) is 0 Å². The number of piperazine rings is 1. The molecule has 0 radical (unpaired) electrons. The third-order valence-corrected chi connectivity index (χ3v) is 4.77. The standard InChI is InChI=1S/C14H21ClN4S/c1-11(2)10-17-3-5-18(6-4-17)13-12(9-15)19-7-8-20-14(19)16-13/h7-8,11H,3-6,9-10H2,1-2H3. The van der Waals surface area contributed by atoms with Crippen molar-refractivity contribution in [3.63, 3.8) is 0 Å². The quantitative estimate of drug-likeness (QED) is 0.811. The second-order valence-corrected chi connectivity index (χ2v) is 6.89. The normalized spacial score (nSPS) is 17.5. The van der Waals surface area contributed by atoms with Crippen molar-refractivity contribution in [2.24, 2.45) is 5.92 Å². The first kappa shape index (κ1) is 14.2. The molecule has 0 spiro atoms. The molecule has 0 unspecified atom stereocenters. The maximum Gasteiger partial charge on any atom is 0.195 e. The van der Waals surface area contributed by atoms with Gasteiger partial charge in [0.2, 0.25) is 0 Å². The molecular formula is C14H21ClN4S. The Morgan fingerprint density at radius 3 is 2.70 bits per heavy atom. The van der Waals surface area contributed by atoms with Gasteiger partial charge in [0.15, 0.2) is 10.8 Å². The summed E-state index contributed by atoms with van der Waals surface area (Å²) in [5.74, 6) is 2.33. The number of anilines is 1. The topological polar surface area (TPSA) is 23.8 Å². The summed E-state index contributed by atoms with van der Waals surface area (Å²) in [4.78, 5) is 10.7. The Morgan fingerprint density at radius 1 is 1.30 bits per heavy atom. The molecule has 4 nitrogen and oxygen atoms in total. The molecule has 6 heteroatoms. The van der Waals surface area contributed by atoms with E-state index in [2.05, 4.69) is 39.6 Å². The first-order valence-electron chi connectivity index (χ1n) is 7.16. The Kier molecular flexibility index (Phi) is 4.19. The lowest BCUT2D eigenvalue weighted by Gasteiger charge is -2.36. The van der Waals surface area contributed by atoms with E-state index in [0.717, 1.165) is 48.6 Å². The van der Waals surface area contributed by atoms with Gasteiger partial charge in [-0.3, -0.25) is 9.30 Å². The van der Waals surface area contributed by atoms with Gasteiger partial charge in [-0.2, -0.15) is 0 Å². The number of fused-ring (bicyclic) bond motifs is 1. The summed E-state index contributed by atoms with van der Waals surface area (Å²) in [6.07, 6.45) is 2.06. The molecule has 0 amide bonds. The third kappa shape index (κ3) is 2.67. The summed E-state index contributed by atoms with van der Waals surface area (Å²) in [7, 11) is 0. The van der Waals surface area contributed by atoms with E-state index in [1.807, 2.05) is 0 Å². The molecule has 0 bridgehead atoms. The molecule has 1 saturated heterocycles. The molecule has 3 heterocycles. The van der Waals surface area contributed by atoms with Gasteiger partial charge in [-0.05, 0) is 5.92 Å². The summed E-state index contributed by atoms with van der Waals surface area (Å²) in [5.41, 5.74) is 1.13. The van der Waals surface area contributed by atoms with Gasteiger partial charge in [0, 0.05) is 44.3 Å². The summed E-state index contributed by atoms with van der Waals surface area (Å²) in [6, 6.07) is 0. The smallest absolute Gasteiger partial charge is 0.195 e. The van der Waals surface area contributed by atoms with E-state index in [4.69, 9.17) is 16.6 Å². The fraction of sp³-hybridized carbons (Fsp3) is 0.643. The van der Waals surface area contributed by atoms with Crippen molar-refractivity contribution in [2.45, 2.75) is 19.7 Å². The largest absolute Gasteiger partial charge is 0.352 e. The molecule has 20 heavy (non-hydrogen) atoms. The number of rotatable bonds is 4. The van der Waals surface area contributed by atoms with Gasteiger partial charge in [0.1, 0.15) is 0 Å². The lowest BCUT2D eigenvalue weighted by atomic mass is 10.2. The fourth-order valence-corrected chi connectivity index (χ4v) is 3.83. The van der Waals surface area contributed by atoms with Crippen LogP contribution in [0.3, 0.4) is 0 Å². The van der Waals surface area contributed by atoms with Crippen molar-refractivity contribution in [1.29, 1.82) is 0 Å². The van der Waals surface area contributed by atoms with E-state index in [9.17, 15) is 0 Å². The number of halogens is 1. The van der Waals surface area contributed by atoms with E-state index in [1.165, 1.54) is 6.54 Å². The highest BCUT2D eigenvalue weighted by Crippen LogP contribution is 2.26. The summed E-state index contributed by atoms with van der Waals surface area (Å²) in [5, 5.41) is 2.06.